The number of ether oxygens (including phenoxy) is 4. The zero-order chi connectivity index (χ0) is 21.9. The van der Waals surface area contributed by atoms with Crippen molar-refractivity contribution in [2.45, 2.75) is 0 Å². The van der Waals surface area contributed by atoms with Gasteiger partial charge in [-0.3, -0.25) is 9.59 Å². The number of amides is 2. The van der Waals surface area contributed by atoms with Crippen LogP contribution in [0.15, 0.2) is 54.6 Å². The molecule has 1 N–H and O–H groups in total. The van der Waals surface area contributed by atoms with Crippen LogP contribution in [0.2, 0.25) is 0 Å². The Kier molecular flexibility index (Phi) is 5.51. The van der Waals surface area contributed by atoms with Gasteiger partial charge in [0.05, 0.1) is 18.8 Å². The third kappa shape index (κ3) is 4.17. The summed E-state index contributed by atoms with van der Waals surface area (Å²) in [5, 5.41) is 4.64. The molecule has 0 atom stereocenters. The van der Waals surface area contributed by atoms with Gasteiger partial charge in [0.2, 0.25) is 6.79 Å². The molecule has 5 rings (SSSR count). The molecule has 0 unspecified atom stereocenters. The van der Waals surface area contributed by atoms with Gasteiger partial charge in [0.25, 0.3) is 11.8 Å². The highest BCUT2D eigenvalue weighted by Gasteiger charge is 2.23. The van der Waals surface area contributed by atoms with Crippen molar-refractivity contribution in [2.24, 2.45) is 0 Å². The van der Waals surface area contributed by atoms with E-state index in [-0.39, 0.29) is 25.2 Å². The van der Waals surface area contributed by atoms with Gasteiger partial charge in [0, 0.05) is 24.8 Å². The van der Waals surface area contributed by atoms with Crippen LogP contribution in [0.4, 0.5) is 5.69 Å². The van der Waals surface area contributed by atoms with Crippen molar-refractivity contribution in [1.82, 2.24) is 4.90 Å². The second-order valence-corrected chi connectivity index (χ2v) is 7.50. The molecule has 0 spiro atoms. The zero-order valence-corrected chi connectivity index (χ0v) is 17.3. The molecule has 3 aromatic carbocycles. The fraction of sp³-hybridized carbons (Fsp3) is 0.250. The zero-order valence-electron chi connectivity index (χ0n) is 17.3. The summed E-state index contributed by atoms with van der Waals surface area (Å²) in [5.41, 5.74) is 1.01. The number of rotatable bonds is 5. The van der Waals surface area contributed by atoms with Crippen LogP contribution in [0.1, 0.15) is 10.4 Å². The summed E-state index contributed by atoms with van der Waals surface area (Å²) in [4.78, 5) is 27.4. The minimum Gasteiger partial charge on any atom is -0.483 e. The molecule has 2 heterocycles. The van der Waals surface area contributed by atoms with Gasteiger partial charge in [0.1, 0.15) is 5.75 Å². The van der Waals surface area contributed by atoms with Crippen molar-refractivity contribution >= 4 is 28.3 Å². The van der Waals surface area contributed by atoms with Crippen LogP contribution >= 0.6 is 0 Å². The van der Waals surface area contributed by atoms with Crippen LogP contribution in [0.25, 0.3) is 10.8 Å². The second kappa shape index (κ2) is 8.76. The van der Waals surface area contributed by atoms with Crippen molar-refractivity contribution in [1.29, 1.82) is 0 Å². The lowest BCUT2D eigenvalue weighted by molar-refractivity contribution is -0.118. The minimum atomic E-state index is -0.346. The summed E-state index contributed by atoms with van der Waals surface area (Å²) in [7, 11) is 0. The first-order valence-electron chi connectivity index (χ1n) is 10.4. The molecule has 2 amide bonds. The second-order valence-electron chi connectivity index (χ2n) is 7.50. The molecule has 0 aliphatic carbocycles. The first-order chi connectivity index (χ1) is 15.7. The first kappa shape index (κ1) is 20.1. The van der Waals surface area contributed by atoms with E-state index in [1.807, 2.05) is 30.3 Å². The molecular formula is C24H22N2O6. The van der Waals surface area contributed by atoms with Crippen LogP contribution in [-0.2, 0) is 9.53 Å². The van der Waals surface area contributed by atoms with Gasteiger partial charge in [-0.2, -0.15) is 0 Å². The molecule has 3 aromatic rings. The number of carbonyl (C=O) groups excluding carboxylic acids is 2. The van der Waals surface area contributed by atoms with Gasteiger partial charge in [-0.25, -0.2) is 0 Å². The Morgan fingerprint density at radius 3 is 2.50 bits per heavy atom. The summed E-state index contributed by atoms with van der Waals surface area (Å²) >= 11 is 0. The quantitative estimate of drug-likeness (QED) is 0.664. The van der Waals surface area contributed by atoms with E-state index in [9.17, 15) is 9.59 Å². The summed E-state index contributed by atoms with van der Waals surface area (Å²) in [6.45, 7) is 1.99. The molecule has 0 radical (unpaired) electrons. The first-order valence-corrected chi connectivity index (χ1v) is 10.4. The summed E-state index contributed by atoms with van der Waals surface area (Å²) < 4.78 is 21.8. The molecule has 0 bridgehead atoms. The predicted molar refractivity (Wildman–Crippen MR) is 117 cm³/mol. The molecule has 2 aliphatic heterocycles. The number of anilines is 1. The third-order valence-corrected chi connectivity index (χ3v) is 5.39. The van der Waals surface area contributed by atoms with Crippen LogP contribution in [0.3, 0.4) is 0 Å². The van der Waals surface area contributed by atoms with E-state index in [4.69, 9.17) is 18.9 Å². The highest BCUT2D eigenvalue weighted by molar-refractivity contribution is 6.02. The Balaban J connectivity index is 1.34. The van der Waals surface area contributed by atoms with Gasteiger partial charge in [0.15, 0.2) is 18.1 Å². The normalized spacial score (nSPS) is 14.9. The summed E-state index contributed by atoms with van der Waals surface area (Å²) in [5.74, 6) is 1.12. The number of nitrogens with zero attached hydrogens (tertiary/aromatic N) is 1. The largest absolute Gasteiger partial charge is 0.483 e. The molecule has 8 heteroatoms. The van der Waals surface area contributed by atoms with Crippen molar-refractivity contribution in [3.63, 3.8) is 0 Å². The predicted octanol–water partition coefficient (Wildman–Crippen LogP) is 3.06. The van der Waals surface area contributed by atoms with Crippen LogP contribution in [0, 0.1) is 0 Å². The lowest BCUT2D eigenvalue weighted by Crippen LogP contribution is -2.40. The van der Waals surface area contributed by atoms with Gasteiger partial charge >= 0.3 is 0 Å². The number of hydrogen-bond acceptors (Lipinski definition) is 6. The highest BCUT2D eigenvalue weighted by Crippen LogP contribution is 2.34. The molecular weight excluding hydrogens is 412 g/mol. The van der Waals surface area contributed by atoms with E-state index < -0.39 is 0 Å². The Morgan fingerprint density at radius 2 is 1.69 bits per heavy atom. The molecule has 0 saturated carbocycles. The Hall–Kier alpha value is -3.78. The maximum Gasteiger partial charge on any atom is 0.262 e. The van der Waals surface area contributed by atoms with E-state index in [0.717, 1.165) is 10.8 Å². The summed E-state index contributed by atoms with van der Waals surface area (Å²) in [6.07, 6.45) is 0. The minimum absolute atomic E-state index is 0.134. The number of fused-ring (bicyclic) bond motifs is 2. The maximum atomic E-state index is 13.2. The standard InChI is InChI=1S/C24H22N2O6/c27-23(25-18-5-6-20-22(13-18)32-15-31-20)14-30-21-12-17-4-2-1-3-16(17)11-19(21)24(28)26-7-9-29-10-8-26/h1-6,11-13H,7-10,14-15H2,(H,25,27). The van der Waals surface area contributed by atoms with E-state index in [0.29, 0.717) is 54.8 Å². The molecule has 8 nitrogen and oxygen atoms in total. The number of nitrogens with one attached hydrogen (secondary N) is 1. The van der Waals surface area contributed by atoms with Gasteiger partial charge in [-0.1, -0.05) is 24.3 Å². The monoisotopic (exact) mass is 434 g/mol. The SMILES string of the molecule is O=C(COc1cc2ccccc2cc1C(=O)N1CCOCC1)Nc1ccc2c(c1)OCO2. The lowest BCUT2D eigenvalue weighted by Gasteiger charge is -2.27. The maximum absolute atomic E-state index is 13.2. The Bertz CT molecular complexity index is 1170. The Morgan fingerprint density at radius 1 is 0.938 bits per heavy atom. The Labute approximate surface area is 184 Å². The van der Waals surface area contributed by atoms with E-state index in [1.165, 1.54) is 0 Å². The van der Waals surface area contributed by atoms with Crippen LogP contribution < -0.4 is 19.5 Å². The summed E-state index contributed by atoms with van der Waals surface area (Å²) in [6, 6.07) is 16.5. The molecule has 1 fully saturated rings. The smallest absolute Gasteiger partial charge is 0.262 e. The van der Waals surface area contributed by atoms with Gasteiger partial charge in [-0.15, -0.1) is 0 Å². The third-order valence-electron chi connectivity index (χ3n) is 5.39. The van der Waals surface area contributed by atoms with Gasteiger partial charge in [-0.05, 0) is 35.0 Å². The van der Waals surface area contributed by atoms with Gasteiger partial charge < -0.3 is 29.2 Å². The van der Waals surface area contributed by atoms with Crippen molar-refractivity contribution in [2.75, 3.05) is 45.0 Å². The molecule has 2 aliphatic rings. The van der Waals surface area contributed by atoms with Crippen molar-refractivity contribution < 1.29 is 28.5 Å². The van der Waals surface area contributed by atoms with Crippen LogP contribution in [0.5, 0.6) is 17.2 Å². The van der Waals surface area contributed by atoms with Crippen LogP contribution in [-0.4, -0.2) is 56.4 Å². The fourth-order valence-electron chi connectivity index (χ4n) is 3.76. The number of carbonyl (C=O) groups is 2. The highest BCUT2D eigenvalue weighted by atomic mass is 16.7. The average Bonchev–Trinajstić information content (AvgIpc) is 3.30. The fourth-order valence-corrected chi connectivity index (χ4v) is 3.76. The molecule has 1 saturated heterocycles. The molecule has 0 aromatic heterocycles. The molecule has 164 valence electrons. The van der Waals surface area contributed by atoms with E-state index in [1.54, 1.807) is 29.2 Å². The topological polar surface area (TPSA) is 86.3 Å². The number of benzene rings is 3. The average molecular weight is 434 g/mol. The van der Waals surface area contributed by atoms with E-state index >= 15 is 0 Å². The number of hydrogen-bond donors (Lipinski definition) is 1. The molecule has 32 heavy (non-hydrogen) atoms. The van der Waals surface area contributed by atoms with Crippen molar-refractivity contribution in [3.8, 4) is 17.2 Å². The number of morpholine rings is 1. The van der Waals surface area contributed by atoms with Crippen molar-refractivity contribution in [3.05, 3.63) is 60.2 Å². The van der Waals surface area contributed by atoms with E-state index in [2.05, 4.69) is 5.32 Å². The lowest BCUT2D eigenvalue weighted by atomic mass is 10.0.